The zero-order chi connectivity index (χ0) is 10.3. The van der Waals surface area contributed by atoms with Gasteiger partial charge >= 0.3 is 7.12 Å². The molecule has 0 unspecified atom stereocenters. The quantitative estimate of drug-likeness (QED) is 0.503. The van der Waals surface area contributed by atoms with E-state index in [1.54, 1.807) is 11.4 Å². The molecule has 0 saturated carbocycles. The van der Waals surface area contributed by atoms with Gasteiger partial charge in [0.2, 0.25) is 0 Å². The van der Waals surface area contributed by atoms with Gasteiger partial charge in [-0.15, -0.1) is 24.0 Å². The number of halogens is 1. The summed E-state index contributed by atoms with van der Waals surface area (Å²) in [5.74, 6) is -0.624. The Morgan fingerprint density at radius 3 is 2.71 bits per heavy atom. The highest BCUT2D eigenvalue weighted by Gasteiger charge is 2.21. The first-order valence-corrected chi connectivity index (χ1v) is 5.18. The van der Waals surface area contributed by atoms with E-state index >= 15 is 0 Å². The molecule has 2 rings (SSSR count). The molecule has 0 aliphatic carbocycles. The molecule has 2 N–H and O–H groups in total. The number of fused-ring (bicyclic) bond motifs is 1. The molecule has 0 amide bonds. The van der Waals surface area contributed by atoms with Crippen molar-refractivity contribution in [3.63, 3.8) is 0 Å². The van der Waals surface area contributed by atoms with Crippen LogP contribution in [0.4, 0.5) is 4.39 Å². The van der Waals surface area contributed by atoms with Crippen molar-refractivity contribution in [3.8, 4) is 0 Å². The number of rotatable bonds is 1. The Labute approximate surface area is 89.6 Å². The van der Waals surface area contributed by atoms with Crippen molar-refractivity contribution in [2.24, 2.45) is 0 Å². The lowest BCUT2D eigenvalue weighted by Gasteiger charge is -2.04. The molecule has 0 atom stereocenters. The van der Waals surface area contributed by atoms with Crippen LogP contribution < -0.4 is 5.46 Å². The summed E-state index contributed by atoms with van der Waals surface area (Å²) in [4.78, 5) is 0.563. The Balaban J connectivity index is 2.87. The molecule has 2 nitrogen and oxygen atoms in total. The van der Waals surface area contributed by atoms with Gasteiger partial charge in [0.25, 0.3) is 0 Å². The molecule has 0 aliphatic heterocycles. The summed E-state index contributed by atoms with van der Waals surface area (Å²) in [5.41, 5.74) is -0.103. The first-order valence-electron chi connectivity index (χ1n) is 3.86. The van der Waals surface area contributed by atoms with Crippen molar-refractivity contribution in [1.82, 2.24) is 0 Å². The molecule has 1 aromatic carbocycles. The second kappa shape index (κ2) is 3.54. The zero-order valence-corrected chi connectivity index (χ0v) is 8.65. The second-order valence-corrected chi connectivity index (χ2v) is 4.22. The lowest BCUT2D eigenvalue weighted by Crippen LogP contribution is -2.33. The minimum Gasteiger partial charge on any atom is -0.423 e. The Morgan fingerprint density at radius 1 is 1.36 bits per heavy atom. The van der Waals surface area contributed by atoms with E-state index in [2.05, 4.69) is 12.6 Å². The third-order valence-corrected chi connectivity index (χ3v) is 3.44. The highest BCUT2D eigenvalue weighted by molar-refractivity contribution is 7.80. The summed E-state index contributed by atoms with van der Waals surface area (Å²) >= 11 is 5.52. The largest absolute Gasteiger partial charge is 0.492 e. The maximum Gasteiger partial charge on any atom is 0.492 e. The third-order valence-electron chi connectivity index (χ3n) is 1.97. The highest BCUT2D eigenvalue weighted by Crippen LogP contribution is 2.27. The van der Waals surface area contributed by atoms with Gasteiger partial charge < -0.3 is 10.0 Å². The molecule has 14 heavy (non-hydrogen) atoms. The van der Waals surface area contributed by atoms with E-state index in [4.69, 9.17) is 10.0 Å². The van der Waals surface area contributed by atoms with Gasteiger partial charge in [0.15, 0.2) is 0 Å². The Kier molecular flexibility index (Phi) is 2.53. The fraction of sp³-hybridized carbons (Fsp3) is 0. The molecular weight excluding hydrogens is 222 g/mol. The molecule has 2 aromatic rings. The topological polar surface area (TPSA) is 40.5 Å². The lowest BCUT2D eigenvalue weighted by molar-refractivity contribution is 0.423. The van der Waals surface area contributed by atoms with Crippen LogP contribution in [0.3, 0.4) is 0 Å². The van der Waals surface area contributed by atoms with E-state index < -0.39 is 12.9 Å². The molecule has 0 saturated heterocycles. The molecule has 1 heterocycles. The predicted octanol–water partition coefficient (Wildman–Crippen LogP) is 1.01. The van der Waals surface area contributed by atoms with Gasteiger partial charge in [-0.05, 0) is 12.1 Å². The third kappa shape index (κ3) is 1.44. The van der Waals surface area contributed by atoms with Crippen LogP contribution in [0.5, 0.6) is 0 Å². The van der Waals surface area contributed by atoms with Gasteiger partial charge in [-0.3, -0.25) is 0 Å². The molecule has 1 aromatic heterocycles. The van der Waals surface area contributed by atoms with Gasteiger partial charge in [0.05, 0.1) is 0 Å². The fourth-order valence-corrected chi connectivity index (χ4v) is 2.68. The Hall–Kier alpha value is -0.555. The summed E-state index contributed by atoms with van der Waals surface area (Å²) in [5, 5.41) is 20.3. The monoisotopic (exact) mass is 228 g/mol. The van der Waals surface area contributed by atoms with Gasteiger partial charge in [-0.25, -0.2) is 4.39 Å². The van der Waals surface area contributed by atoms with Crippen molar-refractivity contribution in [3.05, 3.63) is 23.3 Å². The summed E-state index contributed by atoms with van der Waals surface area (Å²) < 4.78 is 14.1. The maximum atomic E-state index is 13.3. The van der Waals surface area contributed by atoms with Crippen LogP contribution in [0.1, 0.15) is 0 Å². The summed E-state index contributed by atoms with van der Waals surface area (Å²) in [6.45, 7) is 0. The van der Waals surface area contributed by atoms with E-state index in [0.29, 0.717) is 10.3 Å². The Morgan fingerprint density at radius 2 is 2.07 bits per heavy atom. The highest BCUT2D eigenvalue weighted by atomic mass is 32.1. The van der Waals surface area contributed by atoms with Crippen LogP contribution in [-0.2, 0) is 0 Å². The van der Waals surface area contributed by atoms with Crippen molar-refractivity contribution < 1.29 is 14.4 Å². The lowest BCUT2D eigenvalue weighted by atomic mass is 9.78. The normalized spacial score (nSPS) is 10.9. The SMILES string of the molecule is OB(O)c1c(F)ccc2scc(S)c12. The van der Waals surface area contributed by atoms with Crippen molar-refractivity contribution in [2.45, 2.75) is 4.90 Å². The van der Waals surface area contributed by atoms with Crippen LogP contribution in [-0.4, -0.2) is 17.2 Å². The van der Waals surface area contributed by atoms with Gasteiger partial charge in [-0.2, -0.15) is 0 Å². The van der Waals surface area contributed by atoms with Crippen molar-refractivity contribution in [1.29, 1.82) is 0 Å². The fourth-order valence-electron chi connectivity index (χ4n) is 1.37. The van der Waals surface area contributed by atoms with Crippen LogP contribution in [0.25, 0.3) is 10.1 Å². The average Bonchev–Trinajstić information content (AvgIpc) is 2.47. The van der Waals surface area contributed by atoms with E-state index in [1.165, 1.54) is 17.4 Å². The standard InChI is InChI=1S/C8H6BFO2S2/c10-4-1-2-6-7(5(13)3-14-6)8(4)9(11)12/h1-3,11-13H. The maximum absolute atomic E-state index is 13.3. The summed E-state index contributed by atoms with van der Waals surface area (Å²) in [7, 11) is -1.81. The molecule has 0 bridgehead atoms. The van der Waals surface area contributed by atoms with E-state index in [1.807, 2.05) is 0 Å². The molecule has 0 aliphatic rings. The van der Waals surface area contributed by atoms with Crippen molar-refractivity contribution >= 4 is 46.6 Å². The molecule has 6 heteroatoms. The minimum atomic E-state index is -1.81. The van der Waals surface area contributed by atoms with Crippen LogP contribution in [0, 0.1) is 5.82 Å². The molecular formula is C8H6BFO2S2. The van der Waals surface area contributed by atoms with Gasteiger partial charge in [0, 0.05) is 25.8 Å². The number of thiophene rings is 1. The first kappa shape index (κ1) is 9.98. The van der Waals surface area contributed by atoms with Crippen LogP contribution >= 0.6 is 24.0 Å². The molecule has 0 radical (unpaired) electrons. The molecule has 0 spiro atoms. The molecule has 72 valence electrons. The predicted molar refractivity (Wildman–Crippen MR) is 58.9 cm³/mol. The minimum absolute atomic E-state index is 0.103. The zero-order valence-electron chi connectivity index (χ0n) is 6.94. The van der Waals surface area contributed by atoms with Crippen LogP contribution in [0.2, 0.25) is 0 Å². The van der Waals surface area contributed by atoms with E-state index in [-0.39, 0.29) is 5.46 Å². The van der Waals surface area contributed by atoms with E-state index in [0.717, 1.165) is 4.70 Å². The summed E-state index contributed by atoms with van der Waals surface area (Å²) in [6.07, 6.45) is 0. The van der Waals surface area contributed by atoms with Crippen molar-refractivity contribution in [2.75, 3.05) is 0 Å². The second-order valence-electron chi connectivity index (χ2n) is 2.83. The number of benzene rings is 1. The van der Waals surface area contributed by atoms with E-state index in [9.17, 15) is 4.39 Å². The molecule has 0 fully saturated rings. The summed E-state index contributed by atoms with van der Waals surface area (Å²) in [6, 6.07) is 2.82. The first-order chi connectivity index (χ1) is 6.61. The average molecular weight is 228 g/mol. The number of thiol groups is 1. The number of hydrogen-bond donors (Lipinski definition) is 3. The number of hydrogen-bond acceptors (Lipinski definition) is 4. The van der Waals surface area contributed by atoms with Crippen LogP contribution in [0.15, 0.2) is 22.4 Å². The Bertz CT molecular complexity index is 483. The van der Waals surface area contributed by atoms with Gasteiger partial charge in [0.1, 0.15) is 5.82 Å². The smallest absolute Gasteiger partial charge is 0.423 e. The van der Waals surface area contributed by atoms with Gasteiger partial charge in [-0.1, -0.05) is 0 Å².